The van der Waals surface area contributed by atoms with E-state index in [4.69, 9.17) is 5.73 Å². The molecule has 0 saturated heterocycles. The van der Waals surface area contributed by atoms with Crippen LogP contribution in [0.3, 0.4) is 0 Å². The van der Waals surface area contributed by atoms with Crippen molar-refractivity contribution < 1.29 is 22.3 Å². The van der Waals surface area contributed by atoms with Crippen LogP contribution in [0.2, 0.25) is 0 Å². The number of hydrogen-bond donors (Lipinski definition) is 1. The van der Waals surface area contributed by atoms with Crippen molar-refractivity contribution in [2.45, 2.75) is 25.2 Å². The summed E-state index contributed by atoms with van der Waals surface area (Å²) >= 11 is 0. The zero-order valence-corrected chi connectivity index (χ0v) is 10.0. The van der Waals surface area contributed by atoms with E-state index in [0.717, 1.165) is 18.9 Å². The highest BCUT2D eigenvalue weighted by Gasteiger charge is 2.35. The molecule has 1 fully saturated rings. The molecule has 0 bridgehead atoms. The lowest BCUT2D eigenvalue weighted by Gasteiger charge is -2.15. The second kappa shape index (κ2) is 5.32. The molecule has 2 nitrogen and oxygen atoms in total. The van der Waals surface area contributed by atoms with Gasteiger partial charge in [-0.25, -0.2) is 4.39 Å². The molecule has 1 aromatic carbocycles. The van der Waals surface area contributed by atoms with Crippen LogP contribution < -0.4 is 10.5 Å². The summed E-state index contributed by atoms with van der Waals surface area (Å²) < 4.78 is 53.3. The molecular formula is C11H12ClF4NO. The molecule has 1 aromatic rings. The van der Waals surface area contributed by atoms with E-state index in [-0.39, 0.29) is 23.9 Å². The van der Waals surface area contributed by atoms with E-state index in [2.05, 4.69) is 4.74 Å². The fourth-order valence-electron chi connectivity index (χ4n) is 1.70. The SMILES string of the molecule is Cl.NC(c1cccc(OC(F)(F)F)c1F)C1CC1. The molecule has 2 rings (SSSR count). The van der Waals surface area contributed by atoms with Crippen molar-refractivity contribution in [1.29, 1.82) is 0 Å². The van der Waals surface area contributed by atoms with E-state index < -0.39 is 24.0 Å². The topological polar surface area (TPSA) is 35.2 Å². The zero-order valence-electron chi connectivity index (χ0n) is 9.21. The predicted molar refractivity (Wildman–Crippen MR) is 60.0 cm³/mol. The molecule has 1 aliphatic rings. The van der Waals surface area contributed by atoms with Crippen molar-refractivity contribution in [3.8, 4) is 5.75 Å². The van der Waals surface area contributed by atoms with Crippen LogP contribution in [0.4, 0.5) is 17.6 Å². The van der Waals surface area contributed by atoms with Gasteiger partial charge in [-0.3, -0.25) is 0 Å². The Labute approximate surface area is 108 Å². The van der Waals surface area contributed by atoms with Gasteiger partial charge in [-0.2, -0.15) is 0 Å². The number of benzene rings is 1. The van der Waals surface area contributed by atoms with E-state index >= 15 is 0 Å². The van der Waals surface area contributed by atoms with Crippen LogP contribution in [0.15, 0.2) is 18.2 Å². The van der Waals surface area contributed by atoms with E-state index in [9.17, 15) is 17.6 Å². The van der Waals surface area contributed by atoms with Gasteiger partial charge in [0, 0.05) is 11.6 Å². The maximum absolute atomic E-state index is 13.7. The zero-order chi connectivity index (χ0) is 12.6. The van der Waals surface area contributed by atoms with Gasteiger partial charge in [0.2, 0.25) is 0 Å². The minimum Gasteiger partial charge on any atom is -0.403 e. The third kappa shape index (κ3) is 3.49. The van der Waals surface area contributed by atoms with Gasteiger partial charge in [-0.05, 0) is 24.8 Å². The van der Waals surface area contributed by atoms with Gasteiger partial charge in [0.05, 0.1) is 0 Å². The summed E-state index contributed by atoms with van der Waals surface area (Å²) in [5, 5.41) is 0. The quantitative estimate of drug-likeness (QED) is 0.862. The summed E-state index contributed by atoms with van der Waals surface area (Å²) in [5.74, 6) is -1.69. The summed E-state index contributed by atoms with van der Waals surface area (Å²) in [6, 6.07) is 3.07. The summed E-state index contributed by atoms with van der Waals surface area (Å²) in [5.41, 5.74) is 5.83. The van der Waals surface area contributed by atoms with Crippen LogP contribution in [-0.2, 0) is 0 Å². The largest absolute Gasteiger partial charge is 0.573 e. The fourth-order valence-corrected chi connectivity index (χ4v) is 1.70. The van der Waals surface area contributed by atoms with Crippen molar-refractivity contribution in [1.82, 2.24) is 0 Å². The Morgan fingerprint density at radius 3 is 2.39 bits per heavy atom. The highest BCUT2D eigenvalue weighted by atomic mass is 35.5. The normalized spacial score (nSPS) is 16.9. The van der Waals surface area contributed by atoms with Crippen LogP contribution >= 0.6 is 12.4 Å². The molecule has 2 N–H and O–H groups in total. The second-order valence-electron chi connectivity index (χ2n) is 4.07. The second-order valence-corrected chi connectivity index (χ2v) is 4.07. The molecule has 102 valence electrons. The van der Waals surface area contributed by atoms with Crippen molar-refractivity contribution in [3.05, 3.63) is 29.6 Å². The Hall–Kier alpha value is -1.01. The van der Waals surface area contributed by atoms with Gasteiger partial charge in [-0.15, -0.1) is 25.6 Å². The Balaban J connectivity index is 0.00000162. The Morgan fingerprint density at radius 2 is 1.89 bits per heavy atom. The predicted octanol–water partition coefficient (Wildman–Crippen LogP) is 3.56. The lowest BCUT2D eigenvalue weighted by Crippen LogP contribution is -2.20. The maximum atomic E-state index is 13.7. The number of hydrogen-bond acceptors (Lipinski definition) is 2. The van der Waals surface area contributed by atoms with Gasteiger partial charge < -0.3 is 10.5 Å². The highest BCUT2D eigenvalue weighted by Crippen LogP contribution is 2.41. The first-order chi connectivity index (χ1) is 7.88. The first-order valence-corrected chi connectivity index (χ1v) is 5.18. The smallest absolute Gasteiger partial charge is 0.403 e. The monoisotopic (exact) mass is 285 g/mol. The molecule has 1 unspecified atom stereocenters. The molecule has 18 heavy (non-hydrogen) atoms. The molecule has 1 saturated carbocycles. The van der Waals surface area contributed by atoms with Crippen molar-refractivity contribution in [2.75, 3.05) is 0 Å². The lowest BCUT2D eigenvalue weighted by atomic mass is 10.0. The first kappa shape index (κ1) is 15.0. The Morgan fingerprint density at radius 1 is 1.28 bits per heavy atom. The van der Waals surface area contributed by atoms with Crippen molar-refractivity contribution in [3.63, 3.8) is 0 Å². The van der Waals surface area contributed by atoms with Gasteiger partial charge in [0.15, 0.2) is 11.6 Å². The minimum absolute atomic E-state index is 0. The van der Waals surface area contributed by atoms with E-state index in [1.165, 1.54) is 12.1 Å². The molecule has 0 aliphatic heterocycles. The van der Waals surface area contributed by atoms with Crippen LogP contribution in [0.25, 0.3) is 0 Å². The molecule has 0 aromatic heterocycles. The van der Waals surface area contributed by atoms with Gasteiger partial charge in [-0.1, -0.05) is 12.1 Å². The van der Waals surface area contributed by atoms with Crippen LogP contribution in [-0.4, -0.2) is 6.36 Å². The maximum Gasteiger partial charge on any atom is 0.573 e. The fraction of sp³-hybridized carbons (Fsp3) is 0.455. The first-order valence-electron chi connectivity index (χ1n) is 5.18. The van der Waals surface area contributed by atoms with Crippen molar-refractivity contribution in [2.24, 2.45) is 11.7 Å². The number of nitrogens with two attached hydrogens (primary N) is 1. The number of halogens is 5. The molecule has 0 radical (unpaired) electrons. The molecule has 0 heterocycles. The third-order valence-electron chi connectivity index (χ3n) is 2.71. The Kier molecular flexibility index (Phi) is 4.45. The Bertz CT molecular complexity index is 420. The number of ether oxygens (including phenoxy) is 1. The highest BCUT2D eigenvalue weighted by molar-refractivity contribution is 5.85. The molecule has 0 spiro atoms. The number of rotatable bonds is 3. The van der Waals surface area contributed by atoms with Crippen LogP contribution in [0.1, 0.15) is 24.4 Å². The van der Waals surface area contributed by atoms with Crippen LogP contribution in [0, 0.1) is 11.7 Å². The molecular weight excluding hydrogens is 274 g/mol. The summed E-state index contributed by atoms with van der Waals surface area (Å²) in [6.07, 6.45) is -3.14. The van der Waals surface area contributed by atoms with E-state index in [1.54, 1.807) is 0 Å². The lowest BCUT2D eigenvalue weighted by molar-refractivity contribution is -0.275. The average molecular weight is 286 g/mol. The van der Waals surface area contributed by atoms with Gasteiger partial charge in [0.25, 0.3) is 0 Å². The van der Waals surface area contributed by atoms with Gasteiger partial charge in [0.1, 0.15) is 0 Å². The molecule has 7 heteroatoms. The summed E-state index contributed by atoms with van der Waals surface area (Å²) in [7, 11) is 0. The summed E-state index contributed by atoms with van der Waals surface area (Å²) in [6.45, 7) is 0. The standard InChI is InChI=1S/C11H11F4NO.ClH/c12-9-7(10(16)6-4-5-6)2-1-3-8(9)17-11(13,14)15;/h1-3,6,10H,4-5,16H2;1H. The average Bonchev–Trinajstić information content (AvgIpc) is 3.01. The minimum atomic E-state index is -4.90. The number of alkyl halides is 3. The van der Waals surface area contributed by atoms with E-state index in [0.29, 0.717) is 0 Å². The van der Waals surface area contributed by atoms with E-state index in [1.807, 2.05) is 0 Å². The molecule has 1 aliphatic carbocycles. The van der Waals surface area contributed by atoms with Crippen LogP contribution in [0.5, 0.6) is 5.75 Å². The third-order valence-corrected chi connectivity index (χ3v) is 2.71. The molecule has 1 atom stereocenters. The van der Waals surface area contributed by atoms with Crippen molar-refractivity contribution >= 4 is 12.4 Å². The van der Waals surface area contributed by atoms with Gasteiger partial charge >= 0.3 is 6.36 Å². The summed E-state index contributed by atoms with van der Waals surface area (Å²) in [4.78, 5) is 0. The molecule has 0 amide bonds.